The van der Waals surface area contributed by atoms with E-state index >= 15 is 0 Å². The van der Waals surface area contributed by atoms with Gasteiger partial charge >= 0.3 is 5.97 Å². The topological polar surface area (TPSA) is 84.9 Å². The number of methoxy groups -OCH3 is 1. The molecule has 0 bridgehead atoms. The fourth-order valence-corrected chi connectivity index (χ4v) is 4.45. The number of hydrogen-bond acceptors (Lipinski definition) is 5. The van der Waals surface area contributed by atoms with E-state index in [0.29, 0.717) is 11.4 Å². The number of carbonyl (C=O) groups is 2. The van der Waals surface area contributed by atoms with Crippen molar-refractivity contribution in [1.29, 1.82) is 0 Å². The summed E-state index contributed by atoms with van der Waals surface area (Å²) in [6.45, 7) is 0.559. The Bertz CT molecular complexity index is 1300. The molecule has 35 heavy (non-hydrogen) atoms. The van der Waals surface area contributed by atoms with Crippen LogP contribution in [0.5, 0.6) is 5.75 Å². The molecule has 0 saturated heterocycles. The quantitative estimate of drug-likeness (QED) is 0.284. The van der Waals surface area contributed by atoms with Crippen LogP contribution < -0.4 is 10.1 Å². The number of carboxylic acid groups (broad SMARTS) is 1. The highest BCUT2D eigenvalue weighted by molar-refractivity contribution is 7.12. The molecule has 6 nitrogen and oxygen atoms in total. The molecule has 0 atom stereocenters. The largest absolute Gasteiger partial charge is 0.481 e. The van der Waals surface area contributed by atoms with Crippen LogP contribution in [0, 0.1) is 0 Å². The van der Waals surface area contributed by atoms with Gasteiger partial charge in [-0.25, -0.2) is 0 Å². The molecule has 7 heteroatoms. The number of rotatable bonds is 10. The number of hydrogen-bond donors (Lipinski definition) is 2. The summed E-state index contributed by atoms with van der Waals surface area (Å²) in [5.74, 6) is -0.250. The highest BCUT2D eigenvalue weighted by Gasteiger charge is 2.11. The van der Waals surface area contributed by atoms with Gasteiger partial charge < -0.3 is 19.9 Å². The average molecular weight is 488 g/mol. The zero-order chi connectivity index (χ0) is 24.6. The first-order chi connectivity index (χ1) is 17.0. The lowest BCUT2D eigenvalue weighted by molar-refractivity contribution is -0.136. The molecule has 1 heterocycles. The molecule has 0 aliphatic carbocycles. The summed E-state index contributed by atoms with van der Waals surface area (Å²) in [5, 5.41) is 13.8. The standard InChI is InChI=1S/C28H25NO5S/c1-33-18-34-25-5-3-2-4-24(25)22-12-10-21(11-13-22)23-15-26(35-17-23)28(32)29-16-20-8-6-19(7-9-20)14-27(30)31/h2-13,15,17H,14,16,18H2,1H3,(H,29,32)(H,30,31). The Morgan fingerprint density at radius 1 is 0.886 bits per heavy atom. The zero-order valence-electron chi connectivity index (χ0n) is 19.2. The maximum atomic E-state index is 12.6. The Balaban J connectivity index is 1.39. The van der Waals surface area contributed by atoms with Crippen molar-refractivity contribution in [1.82, 2.24) is 5.32 Å². The number of carbonyl (C=O) groups excluding carboxylic acids is 1. The van der Waals surface area contributed by atoms with Crippen molar-refractivity contribution in [3.8, 4) is 28.0 Å². The van der Waals surface area contributed by atoms with Gasteiger partial charge in [0.05, 0.1) is 11.3 Å². The number of nitrogens with one attached hydrogen (secondary N) is 1. The van der Waals surface area contributed by atoms with Crippen LogP contribution in [0.1, 0.15) is 20.8 Å². The molecule has 3 aromatic carbocycles. The van der Waals surface area contributed by atoms with Gasteiger partial charge in [-0.3, -0.25) is 9.59 Å². The van der Waals surface area contributed by atoms with Gasteiger partial charge in [0.15, 0.2) is 6.79 Å². The van der Waals surface area contributed by atoms with Crippen molar-refractivity contribution in [2.24, 2.45) is 0 Å². The summed E-state index contributed by atoms with van der Waals surface area (Å²) in [6, 6.07) is 25.0. The van der Waals surface area contributed by atoms with Crippen LogP contribution in [-0.2, 0) is 22.5 Å². The highest BCUT2D eigenvalue weighted by atomic mass is 32.1. The lowest BCUT2D eigenvalue weighted by Gasteiger charge is -2.11. The van der Waals surface area contributed by atoms with Gasteiger partial charge in [-0.05, 0) is 45.3 Å². The van der Waals surface area contributed by atoms with Gasteiger partial charge in [-0.1, -0.05) is 66.7 Å². The summed E-state index contributed by atoms with van der Waals surface area (Å²) in [7, 11) is 1.59. The summed E-state index contributed by atoms with van der Waals surface area (Å²) < 4.78 is 10.7. The molecular weight excluding hydrogens is 462 g/mol. The molecule has 0 fully saturated rings. The minimum Gasteiger partial charge on any atom is -0.481 e. The third-order valence-corrected chi connectivity index (χ3v) is 6.33. The summed E-state index contributed by atoms with van der Waals surface area (Å²) in [6.07, 6.45) is -0.0142. The van der Waals surface area contributed by atoms with Crippen LogP contribution >= 0.6 is 11.3 Å². The fourth-order valence-electron chi connectivity index (χ4n) is 3.62. The van der Waals surface area contributed by atoms with E-state index in [1.54, 1.807) is 19.2 Å². The Kier molecular flexibility index (Phi) is 7.92. The van der Waals surface area contributed by atoms with E-state index in [1.165, 1.54) is 11.3 Å². The van der Waals surface area contributed by atoms with E-state index in [2.05, 4.69) is 5.32 Å². The molecule has 0 aliphatic heterocycles. The van der Waals surface area contributed by atoms with Gasteiger partial charge in [-0.2, -0.15) is 0 Å². The first-order valence-corrected chi connectivity index (χ1v) is 11.9. The van der Waals surface area contributed by atoms with Crippen LogP contribution in [0.25, 0.3) is 22.3 Å². The molecule has 4 rings (SSSR count). The van der Waals surface area contributed by atoms with Gasteiger partial charge in [0.25, 0.3) is 5.91 Å². The molecule has 178 valence electrons. The van der Waals surface area contributed by atoms with E-state index < -0.39 is 5.97 Å². The normalized spacial score (nSPS) is 10.7. The zero-order valence-corrected chi connectivity index (χ0v) is 20.0. The van der Waals surface area contributed by atoms with Crippen molar-refractivity contribution >= 4 is 23.2 Å². The van der Waals surface area contributed by atoms with E-state index in [-0.39, 0.29) is 19.1 Å². The number of para-hydroxylation sites is 1. The molecule has 1 aromatic heterocycles. The van der Waals surface area contributed by atoms with Crippen molar-refractivity contribution < 1.29 is 24.2 Å². The average Bonchev–Trinajstić information content (AvgIpc) is 3.37. The van der Waals surface area contributed by atoms with Crippen molar-refractivity contribution in [2.45, 2.75) is 13.0 Å². The van der Waals surface area contributed by atoms with Gasteiger partial charge in [0.2, 0.25) is 0 Å². The fraction of sp³-hybridized carbons (Fsp3) is 0.143. The molecule has 0 spiro atoms. The van der Waals surface area contributed by atoms with E-state index in [9.17, 15) is 9.59 Å². The first kappa shape index (κ1) is 24.2. The van der Waals surface area contributed by atoms with Gasteiger partial charge in [0.1, 0.15) is 5.75 Å². The Morgan fingerprint density at radius 3 is 2.29 bits per heavy atom. The highest BCUT2D eigenvalue weighted by Crippen LogP contribution is 2.32. The number of aliphatic carboxylic acids is 1. The number of thiophene rings is 1. The predicted molar refractivity (Wildman–Crippen MR) is 137 cm³/mol. The third kappa shape index (κ3) is 6.35. The molecule has 2 N–H and O–H groups in total. The molecule has 0 saturated carbocycles. The van der Waals surface area contributed by atoms with Crippen molar-refractivity contribution in [3.05, 3.63) is 100 Å². The maximum Gasteiger partial charge on any atom is 0.307 e. The second kappa shape index (κ2) is 11.5. The summed E-state index contributed by atoms with van der Waals surface area (Å²) in [5.41, 5.74) is 5.66. The summed E-state index contributed by atoms with van der Waals surface area (Å²) >= 11 is 1.40. The monoisotopic (exact) mass is 487 g/mol. The molecule has 4 aromatic rings. The van der Waals surface area contributed by atoms with Crippen LogP contribution in [0.4, 0.5) is 0 Å². The molecular formula is C28H25NO5S. The van der Waals surface area contributed by atoms with E-state index in [0.717, 1.165) is 39.1 Å². The molecule has 1 amide bonds. The number of amides is 1. The second-order valence-electron chi connectivity index (χ2n) is 7.89. The first-order valence-electron chi connectivity index (χ1n) is 11.0. The van der Waals surface area contributed by atoms with Gasteiger partial charge in [0, 0.05) is 19.2 Å². The predicted octanol–water partition coefficient (Wildman–Crippen LogP) is 5.62. The smallest absolute Gasteiger partial charge is 0.307 e. The lowest BCUT2D eigenvalue weighted by Crippen LogP contribution is -2.21. The Hall–Kier alpha value is -3.94. The summed E-state index contributed by atoms with van der Waals surface area (Å²) in [4.78, 5) is 24.1. The number of carboxylic acids is 1. The van der Waals surface area contributed by atoms with Crippen molar-refractivity contribution in [3.63, 3.8) is 0 Å². The SMILES string of the molecule is COCOc1ccccc1-c1ccc(-c2csc(C(=O)NCc3ccc(CC(=O)O)cc3)c2)cc1. The van der Waals surface area contributed by atoms with Crippen LogP contribution in [0.2, 0.25) is 0 Å². The van der Waals surface area contributed by atoms with Crippen molar-refractivity contribution in [2.75, 3.05) is 13.9 Å². The molecule has 0 aliphatic rings. The third-order valence-electron chi connectivity index (χ3n) is 5.40. The van der Waals surface area contributed by atoms with E-state index in [4.69, 9.17) is 14.6 Å². The van der Waals surface area contributed by atoms with Crippen LogP contribution in [0.15, 0.2) is 84.2 Å². The van der Waals surface area contributed by atoms with E-state index in [1.807, 2.05) is 72.1 Å². The van der Waals surface area contributed by atoms with Gasteiger partial charge in [-0.15, -0.1) is 11.3 Å². The van der Waals surface area contributed by atoms with Crippen LogP contribution in [0.3, 0.4) is 0 Å². The number of ether oxygens (including phenoxy) is 2. The minimum atomic E-state index is -0.866. The molecule has 0 unspecified atom stereocenters. The second-order valence-corrected chi connectivity index (χ2v) is 8.80. The Morgan fingerprint density at radius 2 is 1.57 bits per heavy atom. The number of benzene rings is 3. The Labute approximate surface area is 207 Å². The lowest BCUT2D eigenvalue weighted by atomic mass is 10.0. The minimum absolute atomic E-state index is 0.0142. The molecule has 0 radical (unpaired) electrons. The van der Waals surface area contributed by atoms with Crippen LogP contribution in [-0.4, -0.2) is 30.9 Å². The maximum absolute atomic E-state index is 12.6.